The highest BCUT2D eigenvalue weighted by atomic mass is 15.3. The lowest BCUT2D eigenvalue weighted by atomic mass is 10.1. The lowest BCUT2D eigenvalue weighted by Gasteiger charge is -2.13. The number of hydrogen-bond donors (Lipinski definition) is 2. The van der Waals surface area contributed by atoms with E-state index in [1.165, 1.54) is 0 Å². The molecule has 0 saturated carbocycles. The lowest BCUT2D eigenvalue weighted by molar-refractivity contribution is 0.332. The first kappa shape index (κ1) is 13.2. The molecule has 0 radical (unpaired) electrons. The fraction of sp³-hybridized carbons (Fsp3) is 0.308. The molecule has 0 aliphatic rings. The fourth-order valence-electron chi connectivity index (χ4n) is 1.84. The van der Waals surface area contributed by atoms with E-state index in [1.54, 1.807) is 12.1 Å². The van der Waals surface area contributed by atoms with Crippen molar-refractivity contribution in [1.29, 1.82) is 0 Å². The second-order valence-corrected chi connectivity index (χ2v) is 4.30. The summed E-state index contributed by atoms with van der Waals surface area (Å²) in [6.45, 7) is 9.05. The molecule has 3 N–H and O–H groups in total. The summed E-state index contributed by atoms with van der Waals surface area (Å²) in [5.74, 6) is 0. The number of nitrogens with zero attached hydrogens (tertiary/aromatic N) is 4. The zero-order valence-corrected chi connectivity index (χ0v) is 10.8. The molecule has 6 heteroatoms. The van der Waals surface area contributed by atoms with Crippen LogP contribution in [0.3, 0.4) is 0 Å². The molecule has 1 aromatic heterocycles. The average Bonchev–Trinajstić information content (AvgIpc) is 2.87. The standard InChI is InChI=1S/C13H16N6/c1-15-11-5-3-10(4-6-11)13-12(16-18-17-13)9-19(2)8-7-14/h3-6H,7-9,14H2,2H3,(H,16,17,18). The predicted molar refractivity (Wildman–Crippen MR) is 73.5 cm³/mol. The van der Waals surface area contributed by atoms with E-state index in [1.807, 2.05) is 19.2 Å². The van der Waals surface area contributed by atoms with Gasteiger partial charge < -0.3 is 5.73 Å². The van der Waals surface area contributed by atoms with Crippen LogP contribution in [0.4, 0.5) is 5.69 Å². The van der Waals surface area contributed by atoms with Crippen molar-refractivity contribution in [1.82, 2.24) is 20.3 Å². The topological polar surface area (TPSA) is 75.2 Å². The van der Waals surface area contributed by atoms with Crippen molar-refractivity contribution < 1.29 is 0 Å². The van der Waals surface area contributed by atoms with Gasteiger partial charge in [-0.1, -0.05) is 24.3 Å². The SMILES string of the molecule is [C-]#[N+]c1ccc(-c2n[nH]nc2CN(C)CCN)cc1. The van der Waals surface area contributed by atoms with E-state index < -0.39 is 0 Å². The summed E-state index contributed by atoms with van der Waals surface area (Å²) in [6, 6.07) is 7.34. The first-order valence-corrected chi connectivity index (χ1v) is 6.00. The Morgan fingerprint density at radius 2 is 2.05 bits per heavy atom. The summed E-state index contributed by atoms with van der Waals surface area (Å²) in [5, 5.41) is 11.0. The molecule has 2 aromatic rings. The summed E-state index contributed by atoms with van der Waals surface area (Å²) in [4.78, 5) is 5.46. The molecule has 0 aliphatic heterocycles. The first-order valence-electron chi connectivity index (χ1n) is 6.00. The third-order valence-electron chi connectivity index (χ3n) is 2.82. The van der Waals surface area contributed by atoms with Crippen LogP contribution in [-0.2, 0) is 6.54 Å². The number of nitrogens with one attached hydrogen (secondary N) is 1. The van der Waals surface area contributed by atoms with Crippen LogP contribution in [-0.4, -0.2) is 40.4 Å². The smallest absolute Gasteiger partial charge is 0.187 e. The number of aromatic amines is 1. The summed E-state index contributed by atoms with van der Waals surface area (Å²) in [5.41, 5.74) is 8.80. The van der Waals surface area contributed by atoms with E-state index >= 15 is 0 Å². The molecular weight excluding hydrogens is 240 g/mol. The fourth-order valence-corrected chi connectivity index (χ4v) is 1.84. The normalized spacial score (nSPS) is 10.6. The molecule has 0 fully saturated rings. The molecule has 0 spiro atoms. The molecule has 6 nitrogen and oxygen atoms in total. The van der Waals surface area contributed by atoms with Gasteiger partial charge in [-0.25, -0.2) is 4.85 Å². The van der Waals surface area contributed by atoms with E-state index in [9.17, 15) is 0 Å². The Bertz CT molecular complexity index is 566. The highest BCUT2D eigenvalue weighted by molar-refractivity contribution is 5.64. The van der Waals surface area contributed by atoms with Crippen LogP contribution in [0, 0.1) is 6.57 Å². The van der Waals surface area contributed by atoms with Gasteiger partial charge in [-0.3, -0.25) is 4.90 Å². The van der Waals surface area contributed by atoms with Gasteiger partial charge in [0.05, 0.1) is 6.57 Å². The van der Waals surface area contributed by atoms with Crippen molar-refractivity contribution in [3.63, 3.8) is 0 Å². The zero-order valence-electron chi connectivity index (χ0n) is 10.8. The molecule has 0 amide bonds. The summed E-state index contributed by atoms with van der Waals surface area (Å²) in [7, 11) is 1.99. The van der Waals surface area contributed by atoms with Gasteiger partial charge in [0.2, 0.25) is 0 Å². The van der Waals surface area contributed by atoms with Gasteiger partial charge >= 0.3 is 0 Å². The number of aromatic nitrogens is 3. The van der Waals surface area contributed by atoms with E-state index in [-0.39, 0.29) is 0 Å². The van der Waals surface area contributed by atoms with Crippen LogP contribution in [0.1, 0.15) is 5.69 Å². The molecule has 1 aromatic carbocycles. The molecule has 0 saturated heterocycles. The minimum absolute atomic E-state index is 0.614. The number of nitrogens with two attached hydrogens (primary N) is 1. The van der Waals surface area contributed by atoms with E-state index in [0.29, 0.717) is 18.8 Å². The highest BCUT2D eigenvalue weighted by Gasteiger charge is 2.12. The van der Waals surface area contributed by atoms with Gasteiger partial charge in [0.15, 0.2) is 5.69 Å². The molecule has 19 heavy (non-hydrogen) atoms. The van der Waals surface area contributed by atoms with Crippen LogP contribution in [0.25, 0.3) is 16.1 Å². The second-order valence-electron chi connectivity index (χ2n) is 4.30. The molecule has 0 atom stereocenters. The van der Waals surface area contributed by atoms with Gasteiger partial charge in [0, 0.05) is 25.2 Å². The van der Waals surface area contributed by atoms with Crippen molar-refractivity contribution >= 4 is 5.69 Å². The van der Waals surface area contributed by atoms with Crippen molar-refractivity contribution in [3.8, 4) is 11.3 Å². The zero-order chi connectivity index (χ0) is 13.7. The molecule has 0 unspecified atom stereocenters. The summed E-state index contributed by atoms with van der Waals surface area (Å²) < 4.78 is 0. The second kappa shape index (κ2) is 6.09. The number of H-pyrrole nitrogens is 1. The number of benzene rings is 1. The largest absolute Gasteiger partial charge is 0.329 e. The first-order chi connectivity index (χ1) is 9.24. The molecular formula is C13H16N6. The number of hydrogen-bond acceptors (Lipinski definition) is 4. The van der Waals surface area contributed by atoms with Gasteiger partial charge in [-0.2, -0.15) is 15.4 Å². The highest BCUT2D eigenvalue weighted by Crippen LogP contribution is 2.23. The van der Waals surface area contributed by atoms with Crippen LogP contribution < -0.4 is 5.73 Å². The Morgan fingerprint density at radius 1 is 1.32 bits per heavy atom. The minimum Gasteiger partial charge on any atom is -0.329 e. The predicted octanol–water partition coefficient (Wildman–Crippen LogP) is 1.41. The van der Waals surface area contributed by atoms with E-state index in [4.69, 9.17) is 12.3 Å². The van der Waals surface area contributed by atoms with Crippen LogP contribution in [0.15, 0.2) is 24.3 Å². The van der Waals surface area contributed by atoms with Gasteiger partial charge in [0.1, 0.15) is 11.4 Å². The molecule has 1 heterocycles. The summed E-state index contributed by atoms with van der Waals surface area (Å²) >= 11 is 0. The van der Waals surface area contributed by atoms with Crippen molar-refractivity contribution in [2.24, 2.45) is 5.73 Å². The Balaban J connectivity index is 2.21. The molecule has 0 bridgehead atoms. The third kappa shape index (κ3) is 3.16. The maximum atomic E-state index is 6.94. The van der Waals surface area contributed by atoms with Crippen molar-refractivity contribution in [3.05, 3.63) is 41.4 Å². The lowest BCUT2D eigenvalue weighted by Crippen LogP contribution is -2.25. The minimum atomic E-state index is 0.614. The maximum absolute atomic E-state index is 6.94. The monoisotopic (exact) mass is 256 g/mol. The Hall–Kier alpha value is -2.23. The number of likely N-dealkylation sites (N-methyl/N-ethyl adjacent to an activating group) is 1. The quantitative estimate of drug-likeness (QED) is 0.793. The Morgan fingerprint density at radius 3 is 2.68 bits per heavy atom. The van der Waals surface area contributed by atoms with Crippen LogP contribution in [0.2, 0.25) is 0 Å². The van der Waals surface area contributed by atoms with E-state index in [2.05, 4.69) is 25.2 Å². The third-order valence-corrected chi connectivity index (χ3v) is 2.82. The molecule has 98 valence electrons. The van der Waals surface area contributed by atoms with Gasteiger partial charge in [0.25, 0.3) is 0 Å². The molecule has 0 aliphatic carbocycles. The molecule has 2 rings (SSSR count). The summed E-state index contributed by atoms with van der Waals surface area (Å²) in [6.07, 6.45) is 0. The maximum Gasteiger partial charge on any atom is 0.187 e. The average molecular weight is 256 g/mol. The Kier molecular flexibility index (Phi) is 4.23. The van der Waals surface area contributed by atoms with Crippen LogP contribution in [0.5, 0.6) is 0 Å². The van der Waals surface area contributed by atoms with E-state index in [0.717, 1.165) is 23.5 Å². The van der Waals surface area contributed by atoms with Gasteiger partial charge in [-0.05, 0) is 7.05 Å². The van der Waals surface area contributed by atoms with Crippen molar-refractivity contribution in [2.75, 3.05) is 20.1 Å². The van der Waals surface area contributed by atoms with Gasteiger partial charge in [-0.15, -0.1) is 0 Å². The number of rotatable bonds is 5. The Labute approximate surface area is 112 Å². The van der Waals surface area contributed by atoms with Crippen LogP contribution >= 0.6 is 0 Å². The van der Waals surface area contributed by atoms with Crippen molar-refractivity contribution in [2.45, 2.75) is 6.54 Å².